The van der Waals surface area contributed by atoms with Gasteiger partial charge in [-0.2, -0.15) is 0 Å². The molecule has 0 saturated heterocycles. The fourth-order valence-electron chi connectivity index (χ4n) is 3.66. The number of hydrogen-bond acceptors (Lipinski definition) is 3. The molecule has 0 aliphatic rings. The summed E-state index contributed by atoms with van der Waals surface area (Å²) in [5.41, 5.74) is 5.15. The van der Waals surface area contributed by atoms with Crippen LogP contribution < -0.4 is 10.6 Å². The van der Waals surface area contributed by atoms with Crippen molar-refractivity contribution in [3.8, 4) is 11.1 Å². The predicted molar refractivity (Wildman–Crippen MR) is 128 cm³/mol. The van der Waals surface area contributed by atoms with Gasteiger partial charge in [0.05, 0.1) is 22.3 Å². The first kappa shape index (κ1) is 21.8. The Morgan fingerprint density at radius 2 is 1.78 bits per heavy atom. The van der Waals surface area contributed by atoms with Crippen LogP contribution in [0.3, 0.4) is 0 Å². The maximum absolute atomic E-state index is 14.3. The van der Waals surface area contributed by atoms with Crippen LogP contribution in [0.2, 0.25) is 5.02 Å². The Balaban J connectivity index is 1.67. The number of carbonyl (C=O) groups is 1. The van der Waals surface area contributed by atoms with E-state index in [2.05, 4.69) is 15.6 Å². The lowest BCUT2D eigenvalue weighted by Gasteiger charge is -2.19. The van der Waals surface area contributed by atoms with Crippen molar-refractivity contribution in [3.63, 3.8) is 0 Å². The molecule has 4 rings (SSSR count). The van der Waals surface area contributed by atoms with Gasteiger partial charge in [0.25, 0.3) is 0 Å². The van der Waals surface area contributed by atoms with E-state index in [1.165, 1.54) is 13.0 Å². The van der Waals surface area contributed by atoms with Gasteiger partial charge in [0.1, 0.15) is 5.82 Å². The van der Waals surface area contributed by atoms with Crippen LogP contribution >= 0.6 is 11.6 Å². The minimum absolute atomic E-state index is 0.0578. The lowest BCUT2D eigenvalue weighted by atomic mass is 10.0. The molecule has 1 heterocycles. The molecule has 162 valence electrons. The number of pyridine rings is 1. The Morgan fingerprint density at radius 3 is 2.50 bits per heavy atom. The average molecular weight is 448 g/mol. The van der Waals surface area contributed by atoms with Crippen LogP contribution in [0, 0.1) is 5.82 Å². The van der Waals surface area contributed by atoms with E-state index in [0.717, 1.165) is 33.3 Å². The molecule has 0 aliphatic heterocycles. The molecule has 1 amide bonds. The van der Waals surface area contributed by atoms with Crippen molar-refractivity contribution in [2.75, 3.05) is 5.32 Å². The summed E-state index contributed by atoms with van der Waals surface area (Å²) in [4.78, 5) is 15.6. The molecule has 32 heavy (non-hydrogen) atoms. The van der Waals surface area contributed by atoms with Crippen LogP contribution in [-0.4, -0.2) is 10.9 Å². The van der Waals surface area contributed by atoms with E-state index in [1.807, 2.05) is 55.5 Å². The lowest BCUT2D eigenvalue weighted by molar-refractivity contribution is -0.119. The van der Waals surface area contributed by atoms with Crippen LogP contribution in [-0.2, 0) is 11.3 Å². The van der Waals surface area contributed by atoms with Crippen LogP contribution in [0.25, 0.3) is 22.0 Å². The highest BCUT2D eigenvalue weighted by Gasteiger charge is 2.15. The minimum Gasteiger partial charge on any atom is -0.377 e. The lowest BCUT2D eigenvalue weighted by Crippen LogP contribution is -2.18. The molecule has 1 aromatic heterocycles. The van der Waals surface area contributed by atoms with E-state index in [9.17, 15) is 9.18 Å². The monoisotopic (exact) mass is 447 g/mol. The molecular formula is C26H23ClFN3O. The molecule has 6 heteroatoms. The third kappa shape index (κ3) is 4.73. The van der Waals surface area contributed by atoms with Crippen molar-refractivity contribution < 1.29 is 9.18 Å². The zero-order chi connectivity index (χ0) is 22.7. The van der Waals surface area contributed by atoms with E-state index in [-0.39, 0.29) is 17.8 Å². The van der Waals surface area contributed by atoms with Crippen LogP contribution in [0.5, 0.6) is 0 Å². The Hall–Kier alpha value is -3.44. The first-order chi connectivity index (χ1) is 15.4. The van der Waals surface area contributed by atoms with Gasteiger partial charge < -0.3 is 10.6 Å². The number of anilines is 1. The third-order valence-corrected chi connectivity index (χ3v) is 5.67. The number of aromatic nitrogens is 1. The number of amides is 1. The number of hydrogen-bond donors (Lipinski definition) is 2. The van der Waals surface area contributed by atoms with Gasteiger partial charge >= 0.3 is 0 Å². The molecule has 0 bridgehead atoms. The summed E-state index contributed by atoms with van der Waals surface area (Å²) in [6.07, 6.45) is 1.61. The summed E-state index contributed by atoms with van der Waals surface area (Å²) in [5, 5.41) is 7.51. The molecule has 0 spiro atoms. The largest absolute Gasteiger partial charge is 0.377 e. The van der Waals surface area contributed by atoms with Crippen molar-refractivity contribution in [3.05, 3.63) is 94.9 Å². The van der Waals surface area contributed by atoms with Crippen molar-refractivity contribution in [2.24, 2.45) is 0 Å². The van der Waals surface area contributed by atoms with Gasteiger partial charge in [-0.25, -0.2) is 4.39 Å². The summed E-state index contributed by atoms with van der Waals surface area (Å²) in [6, 6.07) is 20.4. The first-order valence-electron chi connectivity index (χ1n) is 10.4. The molecule has 0 radical (unpaired) electrons. The Bertz CT molecular complexity index is 1270. The van der Waals surface area contributed by atoms with E-state index in [0.29, 0.717) is 17.1 Å². The molecule has 0 saturated carbocycles. The summed E-state index contributed by atoms with van der Waals surface area (Å²) >= 11 is 6.50. The summed E-state index contributed by atoms with van der Waals surface area (Å²) in [5.74, 6) is -0.320. The Labute approximate surface area is 191 Å². The summed E-state index contributed by atoms with van der Waals surface area (Å²) in [7, 11) is 0. The zero-order valence-electron chi connectivity index (χ0n) is 17.8. The van der Waals surface area contributed by atoms with Gasteiger partial charge in [-0.1, -0.05) is 60.1 Å². The fraction of sp³-hybridized carbons (Fsp3) is 0.154. The quantitative estimate of drug-likeness (QED) is 0.354. The molecular weight excluding hydrogens is 425 g/mol. The third-order valence-electron chi connectivity index (χ3n) is 5.38. The Morgan fingerprint density at radius 1 is 1.06 bits per heavy atom. The molecule has 3 aromatic carbocycles. The number of nitrogens with zero attached hydrogens (tertiary/aromatic N) is 1. The SMILES string of the molecule is CC(=O)NCc1ccc(-c2ccc3ncc(Cl)c(N[C@H](C)c4ccccc4F)c3c2)cc1. The number of halogens is 2. The molecule has 2 N–H and O–H groups in total. The highest BCUT2D eigenvalue weighted by molar-refractivity contribution is 6.34. The number of nitrogens with one attached hydrogen (secondary N) is 2. The zero-order valence-corrected chi connectivity index (χ0v) is 18.6. The molecule has 0 aliphatic carbocycles. The van der Waals surface area contributed by atoms with Gasteiger partial charge in [-0.3, -0.25) is 9.78 Å². The second-order valence-electron chi connectivity index (χ2n) is 7.71. The van der Waals surface area contributed by atoms with Gasteiger partial charge in [-0.05, 0) is 41.8 Å². The first-order valence-corrected chi connectivity index (χ1v) is 10.7. The summed E-state index contributed by atoms with van der Waals surface area (Å²) in [6.45, 7) is 3.90. The van der Waals surface area contributed by atoms with Crippen LogP contribution in [0.15, 0.2) is 72.9 Å². The number of rotatable bonds is 6. The highest BCUT2D eigenvalue weighted by atomic mass is 35.5. The van der Waals surface area contributed by atoms with Crippen molar-refractivity contribution >= 4 is 34.1 Å². The van der Waals surface area contributed by atoms with Crippen molar-refractivity contribution in [1.82, 2.24) is 10.3 Å². The molecule has 1 atom stereocenters. The topological polar surface area (TPSA) is 54.0 Å². The summed E-state index contributed by atoms with van der Waals surface area (Å²) < 4.78 is 14.3. The van der Waals surface area contributed by atoms with Crippen LogP contribution in [0.1, 0.15) is 31.0 Å². The molecule has 0 unspecified atom stereocenters. The van der Waals surface area contributed by atoms with E-state index in [1.54, 1.807) is 18.3 Å². The number of carbonyl (C=O) groups excluding carboxylic acids is 1. The van der Waals surface area contributed by atoms with Gasteiger partial charge in [0, 0.05) is 30.6 Å². The number of benzene rings is 3. The molecule has 0 fully saturated rings. The second-order valence-corrected chi connectivity index (χ2v) is 8.11. The second kappa shape index (κ2) is 9.37. The van der Waals surface area contributed by atoms with E-state index in [4.69, 9.17) is 11.6 Å². The van der Waals surface area contributed by atoms with Gasteiger partial charge in [0.2, 0.25) is 5.91 Å². The predicted octanol–water partition coefficient (Wildman–Crippen LogP) is 6.50. The Kier molecular flexibility index (Phi) is 6.37. The minimum atomic E-state index is -0.281. The normalized spacial score (nSPS) is 11.9. The van der Waals surface area contributed by atoms with E-state index < -0.39 is 0 Å². The van der Waals surface area contributed by atoms with Crippen molar-refractivity contribution in [2.45, 2.75) is 26.4 Å². The maximum atomic E-state index is 14.3. The average Bonchev–Trinajstić information content (AvgIpc) is 2.80. The highest BCUT2D eigenvalue weighted by Crippen LogP contribution is 2.35. The fourth-order valence-corrected chi connectivity index (χ4v) is 3.86. The molecule has 4 aromatic rings. The standard InChI is InChI=1S/C26H23ClFN3O/c1-16(21-5-3-4-6-24(21)28)31-26-22-13-20(11-12-25(22)30-15-23(26)27)19-9-7-18(8-10-19)14-29-17(2)32/h3-13,15-16H,14H2,1-2H3,(H,29,32)(H,30,31)/t16-/m1/s1. The van der Waals surface area contributed by atoms with Crippen molar-refractivity contribution in [1.29, 1.82) is 0 Å². The maximum Gasteiger partial charge on any atom is 0.217 e. The number of fused-ring (bicyclic) bond motifs is 1. The van der Waals surface area contributed by atoms with Crippen LogP contribution in [0.4, 0.5) is 10.1 Å². The smallest absolute Gasteiger partial charge is 0.217 e. The van der Waals surface area contributed by atoms with Gasteiger partial charge in [-0.15, -0.1) is 0 Å². The van der Waals surface area contributed by atoms with E-state index >= 15 is 0 Å². The van der Waals surface area contributed by atoms with Gasteiger partial charge in [0.15, 0.2) is 0 Å². The molecule has 4 nitrogen and oxygen atoms in total.